The molecule has 3 aromatic rings. The zero-order valence-corrected chi connectivity index (χ0v) is 14.7. The monoisotopic (exact) mass is 339 g/mol. The summed E-state index contributed by atoms with van der Waals surface area (Å²) in [5.41, 5.74) is 2.15. The zero-order chi connectivity index (χ0) is 17.6. The summed E-state index contributed by atoms with van der Waals surface area (Å²) in [4.78, 5) is 1.32. The molecule has 130 valence electrons. The first-order valence-electron chi connectivity index (χ1n) is 8.20. The Hall–Kier alpha value is -2.93. The highest BCUT2D eigenvalue weighted by atomic mass is 16.5. The van der Waals surface area contributed by atoms with Crippen molar-refractivity contribution in [2.24, 2.45) is 0 Å². The van der Waals surface area contributed by atoms with Crippen LogP contribution in [0.3, 0.4) is 0 Å². The predicted molar refractivity (Wildman–Crippen MR) is 96.2 cm³/mol. The maximum atomic E-state index is 5.24. The van der Waals surface area contributed by atoms with E-state index in [2.05, 4.69) is 47.1 Å². The number of para-hydroxylation sites is 1. The number of anilines is 1. The first-order chi connectivity index (χ1) is 12.2. The molecule has 1 aromatic heterocycles. The van der Waals surface area contributed by atoms with Crippen LogP contribution in [0.4, 0.5) is 5.95 Å². The van der Waals surface area contributed by atoms with Gasteiger partial charge in [0.05, 0.1) is 33.4 Å². The van der Waals surface area contributed by atoms with E-state index in [1.54, 1.807) is 11.8 Å². The Balaban J connectivity index is 1.75. The van der Waals surface area contributed by atoms with Crippen molar-refractivity contribution in [3.05, 3.63) is 60.2 Å². The normalized spacial score (nSPS) is 12.2. The molecule has 0 radical (unpaired) electrons. The second-order valence-corrected chi connectivity index (χ2v) is 6.03. The van der Waals surface area contributed by atoms with Crippen molar-refractivity contribution in [2.45, 2.75) is 6.04 Å². The van der Waals surface area contributed by atoms with Gasteiger partial charge in [0.15, 0.2) is 0 Å². The number of likely N-dealkylation sites (N-methyl/N-ethyl adjacent to an activating group) is 1. The molecule has 0 fully saturated rings. The van der Waals surface area contributed by atoms with Gasteiger partial charge < -0.3 is 15.0 Å². The molecular weight excluding hydrogens is 316 g/mol. The van der Waals surface area contributed by atoms with Gasteiger partial charge in [-0.1, -0.05) is 23.3 Å². The number of nitrogens with zero attached hydrogens (tertiary/aromatic N) is 4. The number of tetrazole rings is 1. The highest BCUT2D eigenvalue weighted by Gasteiger charge is 2.19. The Labute approximate surface area is 147 Å². The third-order valence-corrected chi connectivity index (χ3v) is 4.15. The Morgan fingerprint density at radius 2 is 1.80 bits per heavy atom. The molecule has 0 spiro atoms. The third-order valence-electron chi connectivity index (χ3n) is 4.15. The summed E-state index contributed by atoms with van der Waals surface area (Å²) in [6.45, 7) is 0.710. The molecule has 0 amide bonds. The Morgan fingerprint density at radius 1 is 1.08 bits per heavy atom. The predicted octanol–water partition coefficient (Wildman–Crippen LogP) is 0.969. The number of aromatic nitrogens is 4. The van der Waals surface area contributed by atoms with Gasteiger partial charge in [-0.2, -0.15) is 4.68 Å². The summed E-state index contributed by atoms with van der Waals surface area (Å²) in [7, 11) is 5.95. The average molecular weight is 339 g/mol. The summed E-state index contributed by atoms with van der Waals surface area (Å²) >= 11 is 0. The smallest absolute Gasteiger partial charge is 0.247 e. The number of rotatable bonds is 7. The van der Waals surface area contributed by atoms with Crippen LogP contribution in [0, 0.1) is 0 Å². The minimum absolute atomic E-state index is 0.256. The molecule has 2 aromatic carbocycles. The maximum absolute atomic E-state index is 5.24. The molecule has 3 rings (SSSR count). The second-order valence-electron chi connectivity index (χ2n) is 6.03. The lowest BCUT2D eigenvalue weighted by Crippen LogP contribution is -3.06. The van der Waals surface area contributed by atoms with Gasteiger partial charge in [-0.25, -0.2) is 0 Å². The number of nitrogens with one attached hydrogen (secondary N) is 2. The van der Waals surface area contributed by atoms with Crippen molar-refractivity contribution in [2.75, 3.05) is 33.1 Å². The Bertz CT molecular complexity index is 785. The number of benzene rings is 2. The van der Waals surface area contributed by atoms with E-state index in [0.29, 0.717) is 12.5 Å². The highest BCUT2D eigenvalue weighted by Crippen LogP contribution is 2.17. The first-order valence-corrected chi connectivity index (χ1v) is 8.20. The number of ether oxygens (including phenoxy) is 1. The summed E-state index contributed by atoms with van der Waals surface area (Å²) in [5.74, 6) is 1.49. The molecule has 1 atom stereocenters. The van der Waals surface area contributed by atoms with Crippen LogP contribution in [-0.2, 0) is 0 Å². The van der Waals surface area contributed by atoms with Crippen LogP contribution < -0.4 is 15.0 Å². The SMILES string of the molecule is COc1ccc([C@@H](CNc2nnnn2-c2ccccc2)[NH+](C)C)cc1. The number of hydrogen-bond donors (Lipinski definition) is 2. The zero-order valence-electron chi connectivity index (χ0n) is 14.7. The third kappa shape index (κ3) is 3.95. The van der Waals surface area contributed by atoms with Crippen molar-refractivity contribution in [3.8, 4) is 11.4 Å². The first kappa shape index (κ1) is 16.9. The van der Waals surface area contributed by atoms with E-state index in [1.807, 2.05) is 42.5 Å². The molecule has 0 aliphatic carbocycles. The molecule has 0 aliphatic heterocycles. The summed E-state index contributed by atoms with van der Waals surface area (Å²) < 4.78 is 6.95. The standard InChI is InChI=1S/C18H22N6O/c1-23(2)17(14-9-11-16(25-3)12-10-14)13-19-18-20-21-22-24(18)15-7-5-4-6-8-15/h4-12,17H,13H2,1-3H3,(H,19,20,22)/p+1/t17-/m1/s1. The molecule has 25 heavy (non-hydrogen) atoms. The average Bonchev–Trinajstić information content (AvgIpc) is 3.11. The van der Waals surface area contributed by atoms with Crippen LogP contribution in [0.25, 0.3) is 5.69 Å². The molecule has 2 N–H and O–H groups in total. The van der Waals surface area contributed by atoms with Crippen molar-refractivity contribution in [1.29, 1.82) is 0 Å². The van der Waals surface area contributed by atoms with Crippen LogP contribution in [0.1, 0.15) is 11.6 Å². The van der Waals surface area contributed by atoms with Gasteiger partial charge in [0.25, 0.3) is 0 Å². The minimum Gasteiger partial charge on any atom is -0.497 e. The van der Waals surface area contributed by atoms with Gasteiger partial charge in [0, 0.05) is 5.56 Å². The Kier molecular flexibility index (Phi) is 5.25. The van der Waals surface area contributed by atoms with Crippen molar-refractivity contribution >= 4 is 5.95 Å². The van der Waals surface area contributed by atoms with Crippen LogP contribution >= 0.6 is 0 Å². The van der Waals surface area contributed by atoms with Crippen molar-refractivity contribution < 1.29 is 9.64 Å². The van der Waals surface area contributed by atoms with E-state index in [1.165, 1.54) is 10.5 Å². The molecule has 0 saturated carbocycles. The largest absolute Gasteiger partial charge is 0.497 e. The lowest BCUT2D eigenvalue weighted by molar-refractivity contribution is -0.890. The van der Waals surface area contributed by atoms with Gasteiger partial charge in [-0.3, -0.25) is 0 Å². The molecule has 7 nitrogen and oxygen atoms in total. The van der Waals surface area contributed by atoms with Gasteiger partial charge in [0.1, 0.15) is 11.8 Å². The van der Waals surface area contributed by atoms with Gasteiger partial charge in [0.2, 0.25) is 5.95 Å². The van der Waals surface area contributed by atoms with E-state index < -0.39 is 0 Å². The van der Waals surface area contributed by atoms with E-state index in [4.69, 9.17) is 4.74 Å². The number of hydrogen-bond acceptors (Lipinski definition) is 5. The topological polar surface area (TPSA) is 69.3 Å². The molecule has 0 saturated heterocycles. The molecule has 0 unspecified atom stereocenters. The van der Waals surface area contributed by atoms with E-state index >= 15 is 0 Å². The molecule has 0 aliphatic rings. The van der Waals surface area contributed by atoms with Crippen LogP contribution in [0.5, 0.6) is 5.75 Å². The molecule has 0 bridgehead atoms. The fourth-order valence-electron chi connectivity index (χ4n) is 2.73. The quantitative estimate of drug-likeness (QED) is 0.671. The second kappa shape index (κ2) is 7.76. The van der Waals surface area contributed by atoms with E-state index in [9.17, 15) is 0 Å². The molecular formula is C18H23N6O+. The summed E-state index contributed by atoms with van der Waals surface area (Å²) in [6, 6.07) is 18.3. The van der Waals surface area contributed by atoms with Gasteiger partial charge >= 0.3 is 0 Å². The van der Waals surface area contributed by atoms with Crippen LogP contribution in [0.2, 0.25) is 0 Å². The fourth-order valence-corrected chi connectivity index (χ4v) is 2.73. The Morgan fingerprint density at radius 3 is 2.44 bits per heavy atom. The lowest BCUT2D eigenvalue weighted by Gasteiger charge is -2.22. The van der Waals surface area contributed by atoms with Crippen LogP contribution in [0.15, 0.2) is 54.6 Å². The maximum Gasteiger partial charge on any atom is 0.247 e. The van der Waals surface area contributed by atoms with Crippen molar-refractivity contribution in [3.63, 3.8) is 0 Å². The van der Waals surface area contributed by atoms with Gasteiger partial charge in [-0.05, 0) is 46.8 Å². The highest BCUT2D eigenvalue weighted by molar-refractivity contribution is 5.38. The lowest BCUT2D eigenvalue weighted by atomic mass is 10.1. The van der Waals surface area contributed by atoms with Crippen molar-refractivity contribution in [1.82, 2.24) is 20.2 Å². The van der Waals surface area contributed by atoms with E-state index in [0.717, 1.165) is 11.4 Å². The number of quaternary nitrogens is 1. The number of methoxy groups -OCH3 is 1. The summed E-state index contributed by atoms with van der Waals surface area (Å²) in [5, 5.41) is 15.3. The van der Waals surface area contributed by atoms with Crippen LogP contribution in [-0.4, -0.2) is 48.0 Å². The molecule has 7 heteroatoms. The minimum atomic E-state index is 0.256. The molecule has 1 heterocycles. The fraction of sp³-hybridized carbons (Fsp3) is 0.278. The van der Waals surface area contributed by atoms with Gasteiger partial charge in [-0.15, -0.1) is 0 Å². The van der Waals surface area contributed by atoms with E-state index in [-0.39, 0.29) is 6.04 Å². The summed E-state index contributed by atoms with van der Waals surface area (Å²) in [6.07, 6.45) is 0.